The van der Waals surface area contributed by atoms with Crippen molar-refractivity contribution in [2.45, 2.75) is 57.7 Å². The number of nitrogens with zero attached hydrogens (tertiary/aromatic N) is 2. The van der Waals surface area contributed by atoms with Gasteiger partial charge in [-0.3, -0.25) is 0 Å². The van der Waals surface area contributed by atoms with E-state index in [1.54, 1.807) is 25.4 Å². The SMILES string of the molecule is COc1ccccc1-c1nccc(COc2ccc(CCC3COC(C)(C)O3)cc2CC(O)C(=O)O)n1. The average molecular weight is 509 g/mol. The van der Waals surface area contributed by atoms with E-state index in [1.165, 1.54) is 0 Å². The lowest BCUT2D eigenvalue weighted by Gasteiger charge is -2.17. The van der Waals surface area contributed by atoms with E-state index >= 15 is 0 Å². The lowest BCUT2D eigenvalue weighted by Crippen LogP contribution is -2.22. The Morgan fingerprint density at radius 3 is 2.73 bits per heavy atom. The predicted molar refractivity (Wildman–Crippen MR) is 135 cm³/mol. The molecule has 2 aromatic carbocycles. The summed E-state index contributed by atoms with van der Waals surface area (Å²) in [5, 5.41) is 19.3. The fourth-order valence-corrected chi connectivity index (χ4v) is 4.20. The number of carbonyl (C=O) groups is 1. The zero-order valence-corrected chi connectivity index (χ0v) is 21.2. The number of aliphatic carboxylic acids is 1. The van der Waals surface area contributed by atoms with Gasteiger partial charge in [0.25, 0.3) is 0 Å². The maximum absolute atomic E-state index is 11.3. The van der Waals surface area contributed by atoms with Crippen molar-refractivity contribution >= 4 is 5.97 Å². The molecule has 2 N–H and O–H groups in total. The van der Waals surface area contributed by atoms with Gasteiger partial charge in [0.15, 0.2) is 17.7 Å². The van der Waals surface area contributed by atoms with Gasteiger partial charge in [-0.25, -0.2) is 14.8 Å². The Balaban J connectivity index is 1.48. The number of carboxylic acid groups (broad SMARTS) is 1. The molecule has 2 unspecified atom stereocenters. The molecule has 9 nitrogen and oxygen atoms in total. The van der Waals surface area contributed by atoms with Crippen LogP contribution in [-0.2, 0) is 33.7 Å². The third-order valence-electron chi connectivity index (χ3n) is 6.08. The summed E-state index contributed by atoms with van der Waals surface area (Å²) in [7, 11) is 1.60. The molecule has 3 aromatic rings. The Morgan fingerprint density at radius 2 is 2.00 bits per heavy atom. The Morgan fingerprint density at radius 1 is 1.19 bits per heavy atom. The molecule has 196 valence electrons. The van der Waals surface area contributed by atoms with Crippen LogP contribution in [0.3, 0.4) is 0 Å². The number of hydrogen-bond acceptors (Lipinski definition) is 8. The Kier molecular flexibility index (Phi) is 8.38. The van der Waals surface area contributed by atoms with Gasteiger partial charge in [0.1, 0.15) is 18.1 Å². The predicted octanol–water partition coefficient (Wildman–Crippen LogP) is 3.80. The number of aliphatic hydroxyl groups is 1. The molecule has 0 spiro atoms. The zero-order chi connectivity index (χ0) is 26.4. The highest BCUT2D eigenvalue weighted by molar-refractivity contribution is 5.72. The summed E-state index contributed by atoms with van der Waals surface area (Å²) in [6, 6.07) is 14.9. The second-order valence-corrected chi connectivity index (χ2v) is 9.35. The third-order valence-corrected chi connectivity index (χ3v) is 6.08. The van der Waals surface area contributed by atoms with Gasteiger partial charge in [0.05, 0.1) is 31.1 Å². The molecule has 2 atom stereocenters. The van der Waals surface area contributed by atoms with Crippen molar-refractivity contribution in [3.8, 4) is 22.9 Å². The molecule has 1 saturated heterocycles. The molecular weight excluding hydrogens is 476 g/mol. The first-order chi connectivity index (χ1) is 17.7. The van der Waals surface area contributed by atoms with Gasteiger partial charge in [-0.05, 0) is 62.1 Å². The second-order valence-electron chi connectivity index (χ2n) is 9.35. The van der Waals surface area contributed by atoms with Gasteiger partial charge in [0.2, 0.25) is 0 Å². The van der Waals surface area contributed by atoms with Crippen LogP contribution in [0.4, 0.5) is 0 Å². The summed E-state index contributed by atoms with van der Waals surface area (Å²) >= 11 is 0. The van der Waals surface area contributed by atoms with Gasteiger partial charge in [0, 0.05) is 12.6 Å². The molecule has 1 aliphatic rings. The van der Waals surface area contributed by atoms with Crippen LogP contribution in [0.1, 0.15) is 37.1 Å². The number of carboxylic acids is 1. The van der Waals surface area contributed by atoms with Crippen LogP contribution in [0.15, 0.2) is 54.7 Å². The summed E-state index contributed by atoms with van der Waals surface area (Å²) in [6.45, 7) is 4.46. The fourth-order valence-electron chi connectivity index (χ4n) is 4.20. The van der Waals surface area contributed by atoms with Gasteiger partial charge in [-0.2, -0.15) is 0 Å². The van der Waals surface area contributed by atoms with Crippen molar-refractivity contribution < 1.29 is 34.0 Å². The summed E-state index contributed by atoms with van der Waals surface area (Å²) in [5.74, 6) is -0.197. The van der Waals surface area contributed by atoms with Crippen molar-refractivity contribution in [2.24, 2.45) is 0 Å². The minimum atomic E-state index is -1.54. The number of rotatable bonds is 11. The number of hydrogen-bond donors (Lipinski definition) is 2. The second kappa shape index (κ2) is 11.7. The molecule has 0 radical (unpaired) electrons. The maximum Gasteiger partial charge on any atom is 0.332 e. The highest BCUT2D eigenvalue weighted by Crippen LogP contribution is 2.29. The number of benzene rings is 2. The van der Waals surface area contributed by atoms with Gasteiger partial charge >= 0.3 is 5.97 Å². The largest absolute Gasteiger partial charge is 0.496 e. The van der Waals surface area contributed by atoms with Crippen LogP contribution in [0, 0.1) is 0 Å². The van der Waals surface area contributed by atoms with Crippen LogP contribution in [-0.4, -0.2) is 57.9 Å². The molecule has 4 rings (SSSR count). The minimum Gasteiger partial charge on any atom is -0.496 e. The van der Waals surface area contributed by atoms with E-state index in [9.17, 15) is 15.0 Å². The minimum absolute atomic E-state index is 0.00538. The van der Waals surface area contributed by atoms with E-state index in [0.717, 1.165) is 17.5 Å². The van der Waals surface area contributed by atoms with Crippen molar-refractivity contribution in [1.29, 1.82) is 0 Å². The van der Waals surface area contributed by atoms with Crippen molar-refractivity contribution in [2.75, 3.05) is 13.7 Å². The van der Waals surface area contributed by atoms with Crippen LogP contribution < -0.4 is 9.47 Å². The highest BCUT2D eigenvalue weighted by atomic mass is 16.7. The fraction of sp³-hybridized carbons (Fsp3) is 0.393. The first-order valence-electron chi connectivity index (χ1n) is 12.2. The molecule has 0 aliphatic carbocycles. The summed E-state index contributed by atoms with van der Waals surface area (Å²) in [4.78, 5) is 20.3. The number of para-hydroxylation sites is 1. The lowest BCUT2D eigenvalue weighted by molar-refractivity contribution is -0.146. The monoisotopic (exact) mass is 508 g/mol. The Bertz CT molecular complexity index is 1230. The molecule has 0 amide bonds. The third kappa shape index (κ3) is 7.03. The number of aromatic nitrogens is 2. The van der Waals surface area contributed by atoms with Gasteiger partial charge < -0.3 is 29.2 Å². The standard InChI is InChI=1S/C28H32N2O7/c1-28(2)36-17-21(37-28)10-8-18-9-11-24(19(14-18)15-23(31)27(32)33)35-16-20-12-13-29-26(30-20)22-6-4-5-7-25(22)34-3/h4-7,9,11-14,21,23,31H,8,10,15-17H2,1-3H3,(H,32,33). The smallest absolute Gasteiger partial charge is 0.332 e. The lowest BCUT2D eigenvalue weighted by atomic mass is 10.00. The molecule has 1 fully saturated rings. The van der Waals surface area contributed by atoms with E-state index in [0.29, 0.717) is 41.6 Å². The van der Waals surface area contributed by atoms with E-state index in [1.807, 2.05) is 50.2 Å². The first-order valence-corrected chi connectivity index (χ1v) is 12.2. The number of methoxy groups -OCH3 is 1. The van der Waals surface area contributed by atoms with Crippen LogP contribution in [0.5, 0.6) is 11.5 Å². The van der Waals surface area contributed by atoms with E-state index < -0.39 is 17.9 Å². The average Bonchev–Trinajstić information content (AvgIpc) is 3.25. The topological polar surface area (TPSA) is 120 Å². The Labute approximate surface area is 216 Å². The molecule has 2 heterocycles. The maximum atomic E-state index is 11.3. The number of aliphatic hydroxyl groups excluding tert-OH is 1. The molecule has 0 saturated carbocycles. The molecular formula is C28H32N2O7. The number of aryl methyl sites for hydroxylation is 1. The van der Waals surface area contributed by atoms with Crippen molar-refractivity contribution in [3.63, 3.8) is 0 Å². The highest BCUT2D eigenvalue weighted by Gasteiger charge is 2.32. The normalized spacial score (nSPS) is 17.4. The molecule has 1 aliphatic heterocycles. The summed E-state index contributed by atoms with van der Waals surface area (Å²) < 4.78 is 23.0. The van der Waals surface area contributed by atoms with E-state index in [2.05, 4.69) is 9.97 Å². The Hall–Kier alpha value is -3.53. The first kappa shape index (κ1) is 26.5. The molecule has 9 heteroatoms. The summed E-state index contributed by atoms with van der Waals surface area (Å²) in [6.07, 6.45) is 1.51. The quantitative estimate of drug-likeness (QED) is 0.398. The van der Waals surface area contributed by atoms with Gasteiger partial charge in [-0.15, -0.1) is 0 Å². The van der Waals surface area contributed by atoms with Crippen LogP contribution in [0.2, 0.25) is 0 Å². The van der Waals surface area contributed by atoms with Crippen molar-refractivity contribution in [3.05, 3.63) is 71.5 Å². The van der Waals surface area contributed by atoms with Gasteiger partial charge in [-0.1, -0.05) is 24.3 Å². The van der Waals surface area contributed by atoms with Crippen LogP contribution in [0.25, 0.3) is 11.4 Å². The summed E-state index contributed by atoms with van der Waals surface area (Å²) in [5.41, 5.74) is 3.01. The van der Waals surface area contributed by atoms with Crippen molar-refractivity contribution in [1.82, 2.24) is 9.97 Å². The number of ether oxygens (including phenoxy) is 4. The van der Waals surface area contributed by atoms with E-state index in [4.69, 9.17) is 18.9 Å². The molecule has 37 heavy (non-hydrogen) atoms. The zero-order valence-electron chi connectivity index (χ0n) is 21.2. The molecule has 1 aromatic heterocycles. The van der Waals surface area contributed by atoms with Crippen LogP contribution >= 0.6 is 0 Å². The molecule has 0 bridgehead atoms. The van der Waals surface area contributed by atoms with E-state index in [-0.39, 0.29) is 19.1 Å².